The van der Waals surface area contributed by atoms with Crippen LogP contribution in [0.3, 0.4) is 0 Å². The van der Waals surface area contributed by atoms with Crippen LogP contribution >= 0.6 is 15.9 Å². The molecule has 0 bridgehead atoms. The minimum Gasteiger partial charge on any atom is -0.493 e. The maximum absolute atomic E-state index is 11.8. The molecule has 9 nitrogen and oxygen atoms in total. The standard InChI is InChI=1S/C23H20BrN3O6/c1-3-4-16-11-15(7-10-19-25-22(28)20(27(30)31)23(29)26-19)12-18(32-2)21(16)33-13-14-5-8-17(24)9-6-14/h3,5-12H,1,4,13H2,2H3,(H2,25,26,28,29)/b10-7+. The van der Waals surface area contributed by atoms with Gasteiger partial charge in [-0.1, -0.05) is 40.2 Å². The van der Waals surface area contributed by atoms with Gasteiger partial charge in [-0.3, -0.25) is 14.9 Å². The van der Waals surface area contributed by atoms with Gasteiger partial charge in [0.2, 0.25) is 0 Å². The molecule has 3 rings (SSSR count). The zero-order chi connectivity index (χ0) is 24.0. The molecular formula is C23H20BrN3O6. The van der Waals surface area contributed by atoms with Gasteiger partial charge >= 0.3 is 11.2 Å². The third kappa shape index (κ3) is 5.86. The summed E-state index contributed by atoms with van der Waals surface area (Å²) in [5.41, 5.74) is 0.458. The molecule has 10 heteroatoms. The monoisotopic (exact) mass is 513 g/mol. The molecule has 0 amide bonds. The van der Waals surface area contributed by atoms with Crippen LogP contribution in [0.2, 0.25) is 0 Å². The van der Waals surface area contributed by atoms with Gasteiger partial charge in [0.25, 0.3) is 5.88 Å². The van der Waals surface area contributed by atoms with Gasteiger partial charge < -0.3 is 19.6 Å². The molecule has 0 aliphatic heterocycles. The maximum Gasteiger partial charge on any atom is 0.395 e. The van der Waals surface area contributed by atoms with Crippen molar-refractivity contribution >= 4 is 33.8 Å². The Balaban J connectivity index is 1.91. The molecule has 0 spiro atoms. The largest absolute Gasteiger partial charge is 0.493 e. The van der Waals surface area contributed by atoms with Crippen molar-refractivity contribution in [3.63, 3.8) is 0 Å². The maximum atomic E-state index is 11.8. The van der Waals surface area contributed by atoms with Crippen molar-refractivity contribution in [3.8, 4) is 17.4 Å². The predicted molar refractivity (Wildman–Crippen MR) is 127 cm³/mol. The van der Waals surface area contributed by atoms with E-state index in [4.69, 9.17) is 9.47 Å². The molecule has 2 N–H and O–H groups in total. The van der Waals surface area contributed by atoms with Crippen molar-refractivity contribution in [2.24, 2.45) is 0 Å². The van der Waals surface area contributed by atoms with E-state index in [-0.39, 0.29) is 5.82 Å². The summed E-state index contributed by atoms with van der Waals surface area (Å²) in [7, 11) is 1.53. The number of nitro groups is 1. The second-order valence-electron chi connectivity index (χ2n) is 6.83. The summed E-state index contributed by atoms with van der Waals surface area (Å²) in [5, 5.41) is 20.5. The van der Waals surface area contributed by atoms with Gasteiger partial charge in [0.15, 0.2) is 11.5 Å². The van der Waals surface area contributed by atoms with Gasteiger partial charge in [0.05, 0.1) is 12.0 Å². The Morgan fingerprint density at radius 1 is 1.27 bits per heavy atom. The number of hydrogen-bond donors (Lipinski definition) is 2. The van der Waals surface area contributed by atoms with Crippen molar-refractivity contribution in [1.82, 2.24) is 9.97 Å². The van der Waals surface area contributed by atoms with Gasteiger partial charge in [-0.25, -0.2) is 0 Å². The molecule has 2 aromatic carbocycles. The van der Waals surface area contributed by atoms with Crippen molar-refractivity contribution in [2.45, 2.75) is 13.0 Å². The van der Waals surface area contributed by atoms with E-state index in [9.17, 15) is 20.0 Å². The highest BCUT2D eigenvalue weighted by Gasteiger charge is 2.21. The molecule has 33 heavy (non-hydrogen) atoms. The Morgan fingerprint density at radius 2 is 2.00 bits per heavy atom. The Hall–Kier alpha value is -3.92. The first-order valence-electron chi connectivity index (χ1n) is 9.67. The molecule has 3 aromatic rings. The molecule has 0 radical (unpaired) electrons. The number of methoxy groups -OCH3 is 1. The highest BCUT2D eigenvalue weighted by atomic mass is 79.9. The molecule has 0 unspecified atom stereocenters. The highest BCUT2D eigenvalue weighted by Crippen LogP contribution is 2.35. The minimum absolute atomic E-state index is 0.0390. The number of allylic oxidation sites excluding steroid dienone is 1. The van der Waals surface area contributed by atoms with E-state index in [0.717, 1.165) is 15.6 Å². The highest BCUT2D eigenvalue weighted by molar-refractivity contribution is 9.10. The first-order chi connectivity index (χ1) is 15.8. The topological polar surface area (TPSA) is 128 Å². The number of H-pyrrole nitrogens is 1. The lowest BCUT2D eigenvalue weighted by molar-refractivity contribution is -0.387. The van der Waals surface area contributed by atoms with Crippen LogP contribution in [0.15, 0.2) is 58.3 Å². The zero-order valence-electron chi connectivity index (χ0n) is 17.6. The average molecular weight is 514 g/mol. The second-order valence-corrected chi connectivity index (χ2v) is 7.75. The molecule has 0 aliphatic rings. The lowest BCUT2D eigenvalue weighted by atomic mass is 10.0. The lowest BCUT2D eigenvalue weighted by Crippen LogP contribution is -2.14. The van der Waals surface area contributed by atoms with Crippen molar-refractivity contribution in [2.75, 3.05) is 7.11 Å². The number of hydrogen-bond acceptors (Lipinski definition) is 7. The molecule has 1 heterocycles. The fourth-order valence-electron chi connectivity index (χ4n) is 3.03. The summed E-state index contributed by atoms with van der Waals surface area (Å²) < 4.78 is 12.6. The van der Waals surface area contributed by atoms with Gasteiger partial charge in [-0.05, 0) is 47.9 Å². The van der Waals surface area contributed by atoms with E-state index in [1.807, 2.05) is 30.3 Å². The van der Waals surface area contributed by atoms with Crippen LogP contribution in [-0.2, 0) is 13.0 Å². The summed E-state index contributed by atoms with van der Waals surface area (Å²) in [6.45, 7) is 4.14. The van der Waals surface area contributed by atoms with Crippen LogP contribution in [-0.4, -0.2) is 27.1 Å². The number of aromatic nitrogens is 2. The lowest BCUT2D eigenvalue weighted by Gasteiger charge is -2.16. The van der Waals surface area contributed by atoms with Gasteiger partial charge in [0, 0.05) is 10.0 Å². The average Bonchev–Trinajstić information content (AvgIpc) is 2.77. The van der Waals surface area contributed by atoms with E-state index < -0.39 is 22.0 Å². The van der Waals surface area contributed by atoms with E-state index in [2.05, 4.69) is 32.5 Å². The van der Waals surface area contributed by atoms with Crippen LogP contribution in [0.5, 0.6) is 17.4 Å². The number of ether oxygens (including phenoxy) is 2. The third-order valence-electron chi connectivity index (χ3n) is 4.55. The quantitative estimate of drug-likeness (QED) is 0.242. The SMILES string of the molecule is C=CCc1cc(/C=C/c2nc(O)c([N+](=O)[O-])c(=O)[nH]2)cc(OC)c1OCc1ccc(Br)cc1. The van der Waals surface area contributed by atoms with Crippen molar-refractivity contribution in [1.29, 1.82) is 0 Å². The molecule has 0 saturated carbocycles. The van der Waals surface area contributed by atoms with E-state index in [1.165, 1.54) is 13.2 Å². The summed E-state index contributed by atoms with van der Waals surface area (Å²) >= 11 is 3.41. The first-order valence-corrected chi connectivity index (χ1v) is 10.5. The number of halogens is 1. The normalized spacial score (nSPS) is 10.8. The number of rotatable bonds is 9. The third-order valence-corrected chi connectivity index (χ3v) is 5.07. The van der Waals surface area contributed by atoms with Gasteiger partial charge in [-0.2, -0.15) is 4.98 Å². The van der Waals surface area contributed by atoms with E-state index in [1.54, 1.807) is 18.2 Å². The number of nitrogens with zero attached hydrogens (tertiary/aromatic N) is 2. The van der Waals surface area contributed by atoms with Gasteiger partial charge in [0.1, 0.15) is 12.4 Å². The molecule has 170 valence electrons. The Labute approximate surface area is 197 Å². The smallest absolute Gasteiger partial charge is 0.395 e. The fourth-order valence-corrected chi connectivity index (χ4v) is 3.29. The fraction of sp³-hybridized carbons (Fsp3) is 0.130. The number of aromatic hydroxyl groups is 1. The zero-order valence-corrected chi connectivity index (χ0v) is 19.2. The predicted octanol–water partition coefficient (Wildman–Crippen LogP) is 4.63. The summed E-state index contributed by atoms with van der Waals surface area (Å²) in [6, 6.07) is 11.4. The molecule has 0 aliphatic carbocycles. The number of nitrogens with one attached hydrogen (secondary N) is 1. The van der Waals surface area contributed by atoms with Crippen molar-refractivity contribution in [3.05, 3.63) is 96.5 Å². The first kappa shape index (κ1) is 23.7. The summed E-state index contributed by atoms with van der Waals surface area (Å²) in [4.78, 5) is 27.6. The van der Waals surface area contributed by atoms with Gasteiger partial charge in [-0.15, -0.1) is 6.58 Å². The molecule has 0 atom stereocenters. The minimum atomic E-state index is -1.05. The molecule has 0 fully saturated rings. The Morgan fingerprint density at radius 3 is 2.61 bits per heavy atom. The van der Waals surface area contributed by atoms with Crippen LogP contribution in [0.1, 0.15) is 22.5 Å². The van der Waals surface area contributed by atoms with Crippen molar-refractivity contribution < 1.29 is 19.5 Å². The summed E-state index contributed by atoms with van der Waals surface area (Å²) in [6.07, 6.45) is 5.29. The summed E-state index contributed by atoms with van der Waals surface area (Å²) in [5.74, 6) is 0.0870. The van der Waals surface area contributed by atoms with Crippen LogP contribution in [0.25, 0.3) is 12.2 Å². The molecular weight excluding hydrogens is 494 g/mol. The second kappa shape index (κ2) is 10.6. The Bertz CT molecular complexity index is 1270. The van der Waals surface area contributed by atoms with Crippen LogP contribution in [0, 0.1) is 10.1 Å². The number of benzene rings is 2. The molecule has 1 aromatic heterocycles. The molecule has 0 saturated heterocycles. The van der Waals surface area contributed by atoms with E-state index >= 15 is 0 Å². The Kier molecular flexibility index (Phi) is 7.62. The van der Waals surface area contributed by atoms with E-state index in [0.29, 0.717) is 30.1 Å². The van der Waals surface area contributed by atoms with Crippen LogP contribution < -0.4 is 15.0 Å². The van der Waals surface area contributed by atoms with Crippen LogP contribution in [0.4, 0.5) is 5.69 Å². The number of aromatic amines is 1.